The van der Waals surface area contributed by atoms with E-state index in [9.17, 15) is 13.2 Å². The van der Waals surface area contributed by atoms with Gasteiger partial charge in [-0.1, -0.05) is 12.1 Å². The predicted molar refractivity (Wildman–Crippen MR) is 123 cm³/mol. The molecule has 8 nitrogen and oxygen atoms in total. The van der Waals surface area contributed by atoms with Crippen LogP contribution in [0.15, 0.2) is 53.4 Å². The van der Waals surface area contributed by atoms with E-state index in [0.29, 0.717) is 25.3 Å². The van der Waals surface area contributed by atoms with Crippen molar-refractivity contribution in [3.05, 3.63) is 59.7 Å². The second-order valence-electron chi connectivity index (χ2n) is 8.28. The molecule has 33 heavy (non-hydrogen) atoms. The van der Waals surface area contributed by atoms with Crippen LogP contribution in [-0.2, 0) is 26.0 Å². The first-order valence-electron chi connectivity index (χ1n) is 11.3. The van der Waals surface area contributed by atoms with Crippen molar-refractivity contribution < 1.29 is 27.4 Å². The van der Waals surface area contributed by atoms with Crippen LogP contribution in [0.4, 0.5) is 0 Å². The predicted octanol–water partition coefficient (Wildman–Crippen LogP) is 2.63. The van der Waals surface area contributed by atoms with Crippen LogP contribution >= 0.6 is 0 Å². The highest BCUT2D eigenvalue weighted by Crippen LogP contribution is 2.17. The molecule has 2 saturated heterocycles. The number of nitrogens with one attached hydrogen (secondary N) is 2. The van der Waals surface area contributed by atoms with Gasteiger partial charge >= 0.3 is 0 Å². The topological polar surface area (TPSA) is 103 Å². The van der Waals surface area contributed by atoms with Crippen LogP contribution in [0.2, 0.25) is 0 Å². The zero-order chi connectivity index (χ0) is 23.1. The third kappa shape index (κ3) is 6.77. The summed E-state index contributed by atoms with van der Waals surface area (Å²) >= 11 is 0. The molecule has 2 heterocycles. The average molecular weight is 475 g/mol. The summed E-state index contributed by atoms with van der Waals surface area (Å²) < 4.78 is 44.2. The molecule has 0 aliphatic carbocycles. The van der Waals surface area contributed by atoms with Gasteiger partial charge in [0.1, 0.15) is 12.4 Å². The molecule has 0 radical (unpaired) electrons. The van der Waals surface area contributed by atoms with Gasteiger partial charge in [-0.05, 0) is 67.6 Å². The van der Waals surface area contributed by atoms with E-state index in [1.54, 1.807) is 0 Å². The minimum absolute atomic E-state index is 0.0771. The Kier molecular flexibility index (Phi) is 7.97. The monoisotopic (exact) mass is 474 g/mol. The second kappa shape index (κ2) is 11.1. The second-order valence-corrected chi connectivity index (χ2v) is 10.1. The summed E-state index contributed by atoms with van der Waals surface area (Å²) in [5.41, 5.74) is 1.33. The maximum atomic E-state index is 12.5. The summed E-state index contributed by atoms with van der Waals surface area (Å²) in [4.78, 5) is 12.6. The Labute approximate surface area is 194 Å². The van der Waals surface area contributed by atoms with Crippen molar-refractivity contribution in [2.24, 2.45) is 0 Å². The third-order valence-electron chi connectivity index (χ3n) is 5.79. The lowest BCUT2D eigenvalue weighted by molar-refractivity contribution is 0.0679. The zero-order valence-electron chi connectivity index (χ0n) is 18.5. The maximum Gasteiger partial charge on any atom is 0.251 e. The van der Waals surface area contributed by atoms with Crippen LogP contribution in [0.1, 0.15) is 41.6 Å². The molecule has 2 aliphatic heterocycles. The number of amides is 1. The number of hydrogen-bond donors (Lipinski definition) is 2. The highest BCUT2D eigenvalue weighted by molar-refractivity contribution is 7.89. The van der Waals surface area contributed by atoms with Gasteiger partial charge in [0.05, 0.1) is 17.1 Å². The Morgan fingerprint density at radius 2 is 1.61 bits per heavy atom. The molecule has 178 valence electrons. The molecule has 0 spiro atoms. The maximum absolute atomic E-state index is 12.5. The minimum Gasteiger partial charge on any atom is -0.491 e. The Balaban J connectivity index is 1.24. The molecule has 4 rings (SSSR count). The van der Waals surface area contributed by atoms with Crippen molar-refractivity contribution >= 4 is 15.9 Å². The van der Waals surface area contributed by atoms with Crippen molar-refractivity contribution in [2.75, 3.05) is 26.4 Å². The van der Waals surface area contributed by atoms with Crippen LogP contribution in [0.25, 0.3) is 0 Å². The zero-order valence-corrected chi connectivity index (χ0v) is 19.3. The smallest absolute Gasteiger partial charge is 0.251 e. The summed E-state index contributed by atoms with van der Waals surface area (Å²) in [5.74, 6) is 0.496. The Hall–Kier alpha value is -2.46. The Morgan fingerprint density at radius 1 is 0.939 bits per heavy atom. The van der Waals surface area contributed by atoms with E-state index in [1.807, 2.05) is 24.3 Å². The van der Waals surface area contributed by atoms with Crippen molar-refractivity contribution in [3.8, 4) is 5.75 Å². The number of carbonyl (C=O) groups is 1. The van der Waals surface area contributed by atoms with Crippen molar-refractivity contribution in [1.82, 2.24) is 10.0 Å². The molecule has 0 aromatic heterocycles. The molecule has 2 fully saturated rings. The van der Waals surface area contributed by atoms with Gasteiger partial charge in [-0.15, -0.1) is 0 Å². The minimum atomic E-state index is -3.64. The van der Waals surface area contributed by atoms with Gasteiger partial charge in [0, 0.05) is 31.9 Å². The number of carbonyl (C=O) groups excluding carboxylic acids is 1. The van der Waals surface area contributed by atoms with Crippen LogP contribution in [0.3, 0.4) is 0 Å². The van der Waals surface area contributed by atoms with Crippen molar-refractivity contribution in [2.45, 2.75) is 49.3 Å². The van der Waals surface area contributed by atoms with Crippen molar-refractivity contribution in [3.63, 3.8) is 0 Å². The molecule has 0 saturated carbocycles. The van der Waals surface area contributed by atoms with E-state index in [-0.39, 0.29) is 29.6 Å². The molecule has 9 heteroatoms. The standard InChI is InChI=1S/C24H30N2O6S/c27-24(25-15-18-5-9-20(10-6-18)32-17-22-4-2-14-31-22)19-7-11-23(12-8-19)33(28,29)26-16-21-3-1-13-30-21/h5-12,21-22,26H,1-4,13-17H2,(H,25,27). The van der Waals surface area contributed by atoms with E-state index in [1.165, 1.54) is 24.3 Å². The largest absolute Gasteiger partial charge is 0.491 e. The van der Waals surface area contributed by atoms with Crippen LogP contribution in [0.5, 0.6) is 5.75 Å². The molecule has 2 aromatic rings. The van der Waals surface area contributed by atoms with E-state index in [4.69, 9.17) is 14.2 Å². The quantitative estimate of drug-likeness (QED) is 0.549. The highest BCUT2D eigenvalue weighted by Gasteiger charge is 2.20. The molecule has 2 unspecified atom stereocenters. The summed E-state index contributed by atoms with van der Waals surface area (Å²) in [6.45, 7) is 2.63. The van der Waals surface area contributed by atoms with Gasteiger partial charge in [-0.3, -0.25) is 4.79 Å². The fourth-order valence-electron chi connectivity index (χ4n) is 3.83. The van der Waals surface area contributed by atoms with E-state index >= 15 is 0 Å². The third-order valence-corrected chi connectivity index (χ3v) is 7.23. The van der Waals surface area contributed by atoms with Gasteiger partial charge in [-0.25, -0.2) is 13.1 Å². The normalized spacial score (nSPS) is 20.6. The number of hydrogen-bond acceptors (Lipinski definition) is 6. The molecule has 2 aromatic carbocycles. The molecule has 2 aliphatic rings. The Morgan fingerprint density at radius 3 is 2.24 bits per heavy atom. The molecular formula is C24H30N2O6S. The first-order chi connectivity index (χ1) is 16.0. The molecule has 2 atom stereocenters. The van der Waals surface area contributed by atoms with E-state index in [0.717, 1.165) is 43.6 Å². The first kappa shape index (κ1) is 23.7. The van der Waals surface area contributed by atoms with Gasteiger partial charge in [0.25, 0.3) is 5.91 Å². The fraction of sp³-hybridized carbons (Fsp3) is 0.458. The van der Waals surface area contributed by atoms with Gasteiger partial charge in [0.2, 0.25) is 10.0 Å². The average Bonchev–Trinajstić information content (AvgIpc) is 3.55. The van der Waals surface area contributed by atoms with Crippen molar-refractivity contribution in [1.29, 1.82) is 0 Å². The van der Waals surface area contributed by atoms with E-state index < -0.39 is 10.0 Å². The number of rotatable bonds is 10. The van der Waals surface area contributed by atoms with Gasteiger partial charge in [-0.2, -0.15) is 0 Å². The summed E-state index contributed by atoms with van der Waals surface area (Å²) in [7, 11) is -3.64. The molecular weight excluding hydrogens is 444 g/mol. The number of ether oxygens (including phenoxy) is 3. The molecule has 1 amide bonds. The summed E-state index contributed by atoms with van der Waals surface area (Å²) in [5, 5.41) is 2.85. The van der Waals surface area contributed by atoms with Gasteiger partial charge < -0.3 is 19.5 Å². The lowest BCUT2D eigenvalue weighted by atomic mass is 10.2. The van der Waals surface area contributed by atoms with Crippen LogP contribution < -0.4 is 14.8 Å². The van der Waals surface area contributed by atoms with E-state index in [2.05, 4.69) is 10.0 Å². The highest BCUT2D eigenvalue weighted by atomic mass is 32.2. The van der Waals surface area contributed by atoms with Crippen LogP contribution in [0, 0.1) is 0 Å². The lowest BCUT2D eigenvalue weighted by Crippen LogP contribution is -2.31. The lowest BCUT2D eigenvalue weighted by Gasteiger charge is -2.12. The first-order valence-corrected chi connectivity index (χ1v) is 12.8. The molecule has 2 N–H and O–H groups in total. The van der Waals surface area contributed by atoms with Crippen LogP contribution in [-0.4, -0.2) is 52.9 Å². The van der Waals surface area contributed by atoms with Gasteiger partial charge in [0.15, 0.2) is 0 Å². The summed E-state index contributed by atoms with van der Waals surface area (Å²) in [6, 6.07) is 13.5. The Bertz CT molecular complexity index is 1010. The SMILES string of the molecule is O=C(NCc1ccc(OCC2CCCO2)cc1)c1ccc(S(=O)(=O)NCC2CCCO2)cc1. The fourth-order valence-corrected chi connectivity index (χ4v) is 4.90. The number of benzene rings is 2. The summed E-state index contributed by atoms with van der Waals surface area (Å²) in [6.07, 6.45) is 4.01. The molecule has 0 bridgehead atoms. The number of sulfonamides is 1.